The summed E-state index contributed by atoms with van der Waals surface area (Å²) in [7, 11) is -3.91. The van der Waals surface area contributed by atoms with Crippen LogP contribution in [-0.4, -0.2) is 19.7 Å². The highest BCUT2D eigenvalue weighted by atomic mass is 32.2. The largest absolute Gasteiger partial charge is 0.512 e. The quantitative estimate of drug-likeness (QED) is 0.379. The van der Waals surface area contributed by atoms with Gasteiger partial charge in [-0.15, -0.1) is 11.3 Å². The molecule has 4 aromatic rings. The first-order chi connectivity index (χ1) is 13.8. The molecule has 2 aromatic heterocycles. The molecule has 0 spiro atoms. The van der Waals surface area contributed by atoms with Gasteiger partial charge in [0.1, 0.15) is 5.69 Å². The van der Waals surface area contributed by atoms with Gasteiger partial charge >= 0.3 is 6.16 Å². The number of thiophene rings is 2. The third-order valence-corrected chi connectivity index (χ3v) is 8.02. The van der Waals surface area contributed by atoms with Gasteiger partial charge in [-0.3, -0.25) is 4.72 Å². The van der Waals surface area contributed by atoms with E-state index in [0.29, 0.717) is 10.4 Å². The number of ether oxygens (including phenoxy) is 1. The fourth-order valence-corrected chi connectivity index (χ4v) is 6.34. The average Bonchev–Trinajstić information content (AvgIpc) is 3.25. The van der Waals surface area contributed by atoms with E-state index in [1.165, 1.54) is 17.4 Å². The molecule has 0 atom stereocenters. The highest BCUT2D eigenvalue weighted by molar-refractivity contribution is 7.92. The van der Waals surface area contributed by atoms with Crippen molar-refractivity contribution in [3.05, 3.63) is 66.2 Å². The lowest BCUT2D eigenvalue weighted by Gasteiger charge is -2.10. The van der Waals surface area contributed by atoms with Gasteiger partial charge in [-0.1, -0.05) is 47.7 Å². The Morgan fingerprint density at radius 2 is 1.69 bits per heavy atom. The first kappa shape index (κ1) is 19.4. The monoisotopic (exact) mass is 445 g/mol. The van der Waals surface area contributed by atoms with E-state index in [1.54, 1.807) is 31.2 Å². The van der Waals surface area contributed by atoms with E-state index in [-0.39, 0.29) is 15.6 Å². The molecular formula is C20H15NO5S3. The third-order valence-electron chi connectivity index (χ3n) is 4.17. The molecule has 0 saturated heterocycles. The van der Waals surface area contributed by atoms with Crippen LogP contribution >= 0.6 is 22.7 Å². The molecule has 0 fully saturated rings. The minimum atomic E-state index is -3.91. The molecule has 0 aliphatic rings. The first-order valence-corrected chi connectivity index (χ1v) is 11.6. The van der Waals surface area contributed by atoms with Crippen molar-refractivity contribution < 1.29 is 23.1 Å². The second kappa shape index (κ2) is 7.51. The van der Waals surface area contributed by atoms with Crippen LogP contribution < -0.4 is 9.46 Å². The van der Waals surface area contributed by atoms with Gasteiger partial charge in [0.2, 0.25) is 5.06 Å². The van der Waals surface area contributed by atoms with E-state index >= 15 is 0 Å². The number of hydrogen-bond acceptors (Lipinski definition) is 6. The molecule has 148 valence electrons. The van der Waals surface area contributed by atoms with Crippen LogP contribution in [0.15, 0.2) is 65.6 Å². The molecule has 0 aliphatic heterocycles. The number of carbonyl (C=O) groups is 1. The zero-order valence-corrected chi connectivity index (χ0v) is 17.5. The lowest BCUT2D eigenvalue weighted by atomic mass is 10.2. The zero-order valence-electron chi connectivity index (χ0n) is 15.1. The van der Waals surface area contributed by atoms with Gasteiger partial charge in [-0.05, 0) is 42.1 Å². The summed E-state index contributed by atoms with van der Waals surface area (Å²) >= 11 is 2.61. The van der Waals surface area contributed by atoms with Gasteiger partial charge in [0.25, 0.3) is 10.0 Å². The summed E-state index contributed by atoms with van der Waals surface area (Å²) in [6.07, 6.45) is -1.51. The van der Waals surface area contributed by atoms with Crippen molar-refractivity contribution in [2.45, 2.75) is 11.8 Å². The van der Waals surface area contributed by atoms with Crippen molar-refractivity contribution in [2.75, 3.05) is 4.72 Å². The Balaban J connectivity index is 1.76. The van der Waals surface area contributed by atoms with Gasteiger partial charge in [0, 0.05) is 9.58 Å². The molecule has 29 heavy (non-hydrogen) atoms. The number of carboxylic acid groups (broad SMARTS) is 1. The predicted octanol–water partition coefficient (Wildman–Crippen LogP) is 5.80. The molecule has 2 aromatic carbocycles. The second-order valence-electron chi connectivity index (χ2n) is 6.20. The van der Waals surface area contributed by atoms with E-state index in [4.69, 9.17) is 9.84 Å². The number of fused-ring (bicyclic) bond motifs is 1. The summed E-state index contributed by atoms with van der Waals surface area (Å²) in [5.41, 5.74) is 0.675. The standard InChI is InChI=1S/C20H15NO5S3/c1-12-6-2-5-9-18(12)29(24,25)21-14-11-17(28-19(14)26-20(22)23)16-10-13-7-3-4-8-15(13)27-16/h2-11,21H,1H3,(H,22,23). The SMILES string of the molecule is Cc1ccccc1S(=O)(=O)Nc1cc(-c2cc3ccccc3s2)sc1OC(=O)O. The topological polar surface area (TPSA) is 92.7 Å². The number of anilines is 1. The summed E-state index contributed by atoms with van der Waals surface area (Å²) in [4.78, 5) is 12.8. The number of sulfonamides is 1. The van der Waals surface area contributed by atoms with Crippen LogP contribution in [0.3, 0.4) is 0 Å². The Bertz CT molecular complexity index is 1290. The summed E-state index contributed by atoms with van der Waals surface area (Å²) in [6, 6.07) is 18.0. The highest BCUT2D eigenvalue weighted by Gasteiger charge is 2.23. The number of benzene rings is 2. The molecule has 4 rings (SSSR count). The third kappa shape index (κ3) is 3.98. The zero-order chi connectivity index (χ0) is 20.6. The fourth-order valence-electron chi connectivity index (χ4n) is 2.88. The van der Waals surface area contributed by atoms with Crippen LogP contribution in [-0.2, 0) is 10.0 Å². The minimum Gasteiger partial charge on any atom is -0.449 e. The molecule has 0 unspecified atom stereocenters. The Kier molecular flexibility index (Phi) is 5.03. The van der Waals surface area contributed by atoms with Crippen molar-refractivity contribution >= 4 is 54.6 Å². The Labute approximate surface area is 175 Å². The molecule has 0 bridgehead atoms. The number of hydrogen-bond donors (Lipinski definition) is 2. The summed E-state index contributed by atoms with van der Waals surface area (Å²) in [5.74, 6) is 0. The molecule has 0 saturated carbocycles. The summed E-state index contributed by atoms with van der Waals surface area (Å²) in [6.45, 7) is 1.69. The van der Waals surface area contributed by atoms with Crippen molar-refractivity contribution in [2.24, 2.45) is 0 Å². The van der Waals surface area contributed by atoms with E-state index in [0.717, 1.165) is 26.3 Å². The average molecular weight is 446 g/mol. The maximum absolute atomic E-state index is 12.8. The molecule has 2 N–H and O–H groups in total. The number of nitrogens with one attached hydrogen (secondary N) is 1. The van der Waals surface area contributed by atoms with E-state index in [2.05, 4.69) is 4.72 Å². The predicted molar refractivity (Wildman–Crippen MR) is 116 cm³/mol. The lowest BCUT2D eigenvalue weighted by Crippen LogP contribution is -2.14. The van der Waals surface area contributed by atoms with Crippen LogP contribution in [0.1, 0.15) is 5.56 Å². The molecule has 0 radical (unpaired) electrons. The molecule has 6 nitrogen and oxygen atoms in total. The summed E-state index contributed by atoms with van der Waals surface area (Å²) < 4.78 is 34.1. The van der Waals surface area contributed by atoms with Gasteiger partial charge in [-0.2, -0.15) is 0 Å². The van der Waals surface area contributed by atoms with Gasteiger partial charge < -0.3 is 9.84 Å². The lowest BCUT2D eigenvalue weighted by molar-refractivity contribution is 0.146. The van der Waals surface area contributed by atoms with E-state index in [9.17, 15) is 13.2 Å². The maximum Gasteiger partial charge on any atom is 0.512 e. The Hall–Kier alpha value is -2.88. The summed E-state index contributed by atoms with van der Waals surface area (Å²) in [5, 5.41) is 10.1. The maximum atomic E-state index is 12.8. The van der Waals surface area contributed by atoms with Crippen molar-refractivity contribution in [3.8, 4) is 14.8 Å². The number of rotatable bonds is 5. The van der Waals surface area contributed by atoms with Crippen LogP contribution in [0.4, 0.5) is 10.5 Å². The van der Waals surface area contributed by atoms with Crippen LogP contribution in [0, 0.1) is 6.92 Å². The van der Waals surface area contributed by atoms with Crippen molar-refractivity contribution in [1.29, 1.82) is 0 Å². The minimum absolute atomic E-state index is 0.0258. The normalized spacial score (nSPS) is 11.5. The van der Waals surface area contributed by atoms with Crippen LogP contribution in [0.25, 0.3) is 19.8 Å². The highest BCUT2D eigenvalue weighted by Crippen LogP contribution is 2.45. The van der Waals surface area contributed by atoms with E-state index < -0.39 is 16.2 Å². The van der Waals surface area contributed by atoms with E-state index in [1.807, 2.05) is 30.3 Å². The van der Waals surface area contributed by atoms with Gasteiger partial charge in [0.15, 0.2) is 0 Å². The van der Waals surface area contributed by atoms with Crippen LogP contribution in [0.5, 0.6) is 5.06 Å². The molecule has 9 heteroatoms. The smallest absolute Gasteiger partial charge is 0.449 e. The van der Waals surface area contributed by atoms with Gasteiger partial charge in [-0.25, -0.2) is 13.2 Å². The fraction of sp³-hybridized carbons (Fsp3) is 0.0500. The molecule has 0 aliphatic carbocycles. The second-order valence-corrected chi connectivity index (χ2v) is 9.95. The molecule has 2 heterocycles. The first-order valence-electron chi connectivity index (χ1n) is 8.45. The molecular weight excluding hydrogens is 430 g/mol. The van der Waals surface area contributed by atoms with Gasteiger partial charge in [0.05, 0.1) is 9.77 Å². The Morgan fingerprint density at radius 1 is 1.00 bits per heavy atom. The number of aryl methyl sites for hydroxylation is 1. The van der Waals surface area contributed by atoms with Crippen molar-refractivity contribution in [1.82, 2.24) is 0 Å². The molecule has 0 amide bonds. The Morgan fingerprint density at radius 3 is 2.41 bits per heavy atom. The van der Waals surface area contributed by atoms with Crippen molar-refractivity contribution in [3.63, 3.8) is 0 Å². The van der Waals surface area contributed by atoms with Crippen LogP contribution in [0.2, 0.25) is 0 Å².